The summed E-state index contributed by atoms with van der Waals surface area (Å²) < 4.78 is 0. The van der Waals surface area contributed by atoms with Crippen molar-refractivity contribution >= 4 is 0 Å². The van der Waals surface area contributed by atoms with Crippen LogP contribution in [0.15, 0.2) is 30.3 Å². The number of nitrogens with one attached hydrogen (secondary N) is 1. The van der Waals surface area contributed by atoms with Crippen LogP contribution in [0, 0.1) is 17.8 Å². The molecule has 1 aromatic carbocycles. The van der Waals surface area contributed by atoms with Crippen LogP contribution in [0.2, 0.25) is 0 Å². The first-order valence-corrected chi connectivity index (χ1v) is 7.45. The predicted molar refractivity (Wildman–Crippen MR) is 78.5 cm³/mol. The summed E-state index contributed by atoms with van der Waals surface area (Å²) in [6.45, 7) is 8.17. The summed E-state index contributed by atoms with van der Waals surface area (Å²) in [5, 5.41) is 3.79. The third kappa shape index (κ3) is 4.13. The Bertz CT molecular complexity index is 340. The summed E-state index contributed by atoms with van der Waals surface area (Å²) >= 11 is 0. The summed E-state index contributed by atoms with van der Waals surface area (Å²) in [5.74, 6) is 2.57. The van der Waals surface area contributed by atoms with Gasteiger partial charge in [0.25, 0.3) is 0 Å². The molecule has 2 rings (SSSR count). The Morgan fingerprint density at radius 1 is 1.11 bits per heavy atom. The molecule has 0 bridgehead atoms. The van der Waals surface area contributed by atoms with Crippen LogP contribution >= 0.6 is 0 Å². The van der Waals surface area contributed by atoms with E-state index in [-0.39, 0.29) is 0 Å². The molecule has 1 aromatic rings. The van der Waals surface area contributed by atoms with Gasteiger partial charge in [-0.1, -0.05) is 51.1 Å². The van der Waals surface area contributed by atoms with Crippen LogP contribution in [-0.4, -0.2) is 6.54 Å². The summed E-state index contributed by atoms with van der Waals surface area (Å²) in [6.07, 6.45) is 4.12. The molecular formula is C17H27N. The molecular weight excluding hydrogens is 218 g/mol. The minimum atomic E-state index is 0.521. The van der Waals surface area contributed by atoms with Crippen molar-refractivity contribution in [1.82, 2.24) is 5.32 Å². The molecule has 1 fully saturated rings. The van der Waals surface area contributed by atoms with E-state index in [2.05, 4.69) is 56.4 Å². The van der Waals surface area contributed by atoms with Gasteiger partial charge in [-0.05, 0) is 49.1 Å². The molecule has 1 heteroatoms. The highest BCUT2D eigenvalue weighted by molar-refractivity contribution is 5.18. The first-order chi connectivity index (χ1) is 8.66. The molecule has 0 saturated heterocycles. The lowest BCUT2D eigenvalue weighted by atomic mass is 9.96. The fourth-order valence-electron chi connectivity index (χ4n) is 2.65. The second kappa shape index (κ2) is 6.38. The van der Waals surface area contributed by atoms with E-state index >= 15 is 0 Å². The quantitative estimate of drug-likeness (QED) is 0.750. The first-order valence-electron chi connectivity index (χ1n) is 7.45. The molecule has 2 atom stereocenters. The Morgan fingerprint density at radius 3 is 2.33 bits per heavy atom. The van der Waals surface area contributed by atoms with Gasteiger partial charge in [-0.2, -0.15) is 0 Å². The molecule has 0 spiro atoms. The third-order valence-electron chi connectivity index (χ3n) is 4.02. The van der Waals surface area contributed by atoms with E-state index in [0.29, 0.717) is 6.04 Å². The van der Waals surface area contributed by atoms with Gasteiger partial charge in [0.2, 0.25) is 0 Å². The van der Waals surface area contributed by atoms with E-state index in [1.165, 1.54) is 24.8 Å². The number of hydrogen-bond donors (Lipinski definition) is 1. The van der Waals surface area contributed by atoms with E-state index < -0.39 is 0 Å². The zero-order valence-corrected chi connectivity index (χ0v) is 12.0. The van der Waals surface area contributed by atoms with E-state index in [4.69, 9.17) is 0 Å². The van der Waals surface area contributed by atoms with Crippen LogP contribution in [0.1, 0.15) is 51.6 Å². The minimum Gasteiger partial charge on any atom is -0.310 e. The Hall–Kier alpha value is -0.820. The Labute approximate surface area is 112 Å². The van der Waals surface area contributed by atoms with Crippen molar-refractivity contribution in [3.63, 3.8) is 0 Å². The maximum absolute atomic E-state index is 3.79. The lowest BCUT2D eigenvalue weighted by Gasteiger charge is -2.23. The van der Waals surface area contributed by atoms with Crippen molar-refractivity contribution in [1.29, 1.82) is 0 Å². The van der Waals surface area contributed by atoms with Gasteiger partial charge in [0.1, 0.15) is 0 Å². The van der Waals surface area contributed by atoms with Gasteiger partial charge in [-0.25, -0.2) is 0 Å². The average Bonchev–Trinajstić information content (AvgIpc) is 3.19. The minimum absolute atomic E-state index is 0.521. The average molecular weight is 245 g/mol. The number of benzene rings is 1. The molecule has 1 nitrogen and oxygen atoms in total. The fraction of sp³-hybridized carbons (Fsp3) is 0.647. The highest BCUT2D eigenvalue weighted by Gasteiger charge is 2.28. The maximum Gasteiger partial charge on any atom is 0.0322 e. The number of hydrogen-bond acceptors (Lipinski definition) is 1. The Balaban J connectivity index is 1.92. The normalized spacial score (nSPS) is 18.9. The molecule has 1 aliphatic carbocycles. The summed E-state index contributed by atoms with van der Waals surface area (Å²) in [4.78, 5) is 0. The predicted octanol–water partition coefficient (Wildman–Crippen LogP) is 4.41. The molecule has 0 amide bonds. The van der Waals surface area contributed by atoms with Gasteiger partial charge in [0.05, 0.1) is 0 Å². The zero-order chi connectivity index (χ0) is 13.0. The van der Waals surface area contributed by atoms with Crippen molar-refractivity contribution in [3.05, 3.63) is 35.9 Å². The van der Waals surface area contributed by atoms with Crippen LogP contribution in [-0.2, 0) is 0 Å². The smallest absolute Gasteiger partial charge is 0.0322 e. The summed E-state index contributed by atoms with van der Waals surface area (Å²) in [7, 11) is 0. The van der Waals surface area contributed by atoms with Gasteiger partial charge < -0.3 is 5.32 Å². The molecule has 1 aliphatic rings. The van der Waals surface area contributed by atoms with E-state index in [1.807, 2.05) is 0 Å². The molecule has 2 unspecified atom stereocenters. The Morgan fingerprint density at radius 2 is 1.78 bits per heavy atom. The molecule has 1 N–H and O–H groups in total. The highest BCUT2D eigenvalue weighted by atomic mass is 14.9. The largest absolute Gasteiger partial charge is 0.310 e. The molecule has 18 heavy (non-hydrogen) atoms. The van der Waals surface area contributed by atoms with Crippen molar-refractivity contribution in [2.45, 2.75) is 46.1 Å². The van der Waals surface area contributed by atoms with Crippen molar-refractivity contribution in [2.24, 2.45) is 17.8 Å². The van der Waals surface area contributed by atoms with Crippen LogP contribution in [0.25, 0.3) is 0 Å². The zero-order valence-electron chi connectivity index (χ0n) is 12.0. The van der Waals surface area contributed by atoms with Gasteiger partial charge in [0, 0.05) is 6.04 Å². The topological polar surface area (TPSA) is 12.0 Å². The van der Waals surface area contributed by atoms with E-state index in [9.17, 15) is 0 Å². The van der Waals surface area contributed by atoms with Gasteiger partial charge >= 0.3 is 0 Å². The van der Waals surface area contributed by atoms with Gasteiger partial charge in [-0.3, -0.25) is 0 Å². The van der Waals surface area contributed by atoms with Crippen molar-refractivity contribution < 1.29 is 0 Å². The molecule has 0 heterocycles. The number of rotatable bonds is 7. The highest BCUT2D eigenvalue weighted by Crippen LogP contribution is 2.36. The fourth-order valence-corrected chi connectivity index (χ4v) is 2.65. The molecule has 0 aromatic heterocycles. The van der Waals surface area contributed by atoms with Crippen LogP contribution in [0.3, 0.4) is 0 Å². The van der Waals surface area contributed by atoms with Crippen LogP contribution < -0.4 is 5.32 Å². The monoisotopic (exact) mass is 245 g/mol. The summed E-state index contributed by atoms with van der Waals surface area (Å²) in [5.41, 5.74) is 1.44. The second-order valence-electron chi connectivity index (χ2n) is 6.32. The standard InChI is InChI=1S/C17H27N/c1-13(2)11-17(16-7-5-4-6-8-16)18-12-14(3)15-9-10-15/h4-8,13-15,17-18H,9-12H2,1-3H3. The summed E-state index contributed by atoms with van der Waals surface area (Å²) in [6, 6.07) is 11.4. The molecule has 100 valence electrons. The second-order valence-corrected chi connectivity index (χ2v) is 6.32. The Kier molecular flexibility index (Phi) is 4.82. The van der Waals surface area contributed by atoms with Gasteiger partial charge in [-0.15, -0.1) is 0 Å². The van der Waals surface area contributed by atoms with Crippen molar-refractivity contribution in [2.75, 3.05) is 6.54 Å². The van der Waals surface area contributed by atoms with E-state index in [1.54, 1.807) is 0 Å². The lowest BCUT2D eigenvalue weighted by molar-refractivity contribution is 0.378. The van der Waals surface area contributed by atoms with Crippen LogP contribution in [0.4, 0.5) is 0 Å². The first kappa shape index (κ1) is 13.6. The van der Waals surface area contributed by atoms with Crippen molar-refractivity contribution in [3.8, 4) is 0 Å². The molecule has 0 aliphatic heterocycles. The molecule has 1 saturated carbocycles. The molecule has 0 radical (unpaired) electrons. The van der Waals surface area contributed by atoms with Gasteiger partial charge in [0.15, 0.2) is 0 Å². The third-order valence-corrected chi connectivity index (χ3v) is 4.02. The lowest BCUT2D eigenvalue weighted by Crippen LogP contribution is -2.28. The van der Waals surface area contributed by atoms with E-state index in [0.717, 1.165) is 24.3 Å². The SMILES string of the molecule is CC(C)CC(NCC(C)C1CC1)c1ccccc1. The maximum atomic E-state index is 3.79. The van der Waals surface area contributed by atoms with Crippen LogP contribution in [0.5, 0.6) is 0 Å².